The molecule has 1 amide bonds. The number of aromatic hydroxyl groups is 1. The molecule has 0 saturated carbocycles. The summed E-state index contributed by atoms with van der Waals surface area (Å²) in [6.07, 6.45) is 0.250. The number of primary amides is 1. The number of carbonyl (C=O) groups excluding carboxylic acids is 1. The lowest BCUT2D eigenvalue weighted by atomic mass is 10.1. The number of rotatable bonds is 1. The van der Waals surface area contributed by atoms with Gasteiger partial charge in [0.25, 0.3) is 0 Å². The Morgan fingerprint density at radius 2 is 1.57 bits per heavy atom. The van der Waals surface area contributed by atoms with Crippen LogP contribution in [0, 0.1) is 0 Å². The van der Waals surface area contributed by atoms with Crippen LogP contribution in [-0.4, -0.2) is 59.2 Å². The molecule has 0 spiro atoms. The molecule has 7 heteroatoms. The Bertz CT molecular complexity index is 1130. The standard InChI is InChI=1S/C16H10N2O.C6H13NO.CH3NO/c19-15-9-14-16(11-6-2-1-5-10(11)15)18-13-8-4-3-7-12(13)17-14;1-2-7-3-5-8-6-4-7;2-1-3/h1-9,19H;2-6H2,1H3;1H,(H2,2,3). The topological polar surface area (TPSA) is 102 Å². The molecule has 0 unspecified atom stereocenters. The number of hydrogen-bond acceptors (Lipinski definition) is 6. The number of nitrogens with two attached hydrogens (primary N) is 1. The van der Waals surface area contributed by atoms with Crippen LogP contribution in [0.3, 0.4) is 0 Å². The van der Waals surface area contributed by atoms with Crippen molar-refractivity contribution in [3.8, 4) is 5.75 Å². The molecule has 1 aromatic heterocycles. The number of aromatic nitrogens is 2. The van der Waals surface area contributed by atoms with E-state index in [1.165, 1.54) is 6.54 Å². The molecule has 0 bridgehead atoms. The van der Waals surface area contributed by atoms with Gasteiger partial charge in [0.15, 0.2) is 0 Å². The fourth-order valence-electron chi connectivity index (χ4n) is 3.35. The minimum atomic E-state index is 0.243. The zero-order chi connectivity index (χ0) is 21.3. The van der Waals surface area contributed by atoms with Gasteiger partial charge in [0.1, 0.15) is 5.75 Å². The molecular formula is C23H26N4O3. The van der Waals surface area contributed by atoms with E-state index in [4.69, 9.17) is 9.53 Å². The quantitative estimate of drug-likeness (QED) is 0.286. The zero-order valence-electron chi connectivity index (χ0n) is 17.0. The highest BCUT2D eigenvalue weighted by Crippen LogP contribution is 2.31. The Morgan fingerprint density at radius 1 is 1.00 bits per heavy atom. The summed E-state index contributed by atoms with van der Waals surface area (Å²) >= 11 is 0. The van der Waals surface area contributed by atoms with Crippen molar-refractivity contribution in [1.82, 2.24) is 14.9 Å². The Labute approximate surface area is 175 Å². The van der Waals surface area contributed by atoms with Crippen LogP contribution in [0.25, 0.3) is 32.8 Å². The normalized spacial score (nSPS) is 13.9. The van der Waals surface area contributed by atoms with Crippen LogP contribution < -0.4 is 5.73 Å². The molecule has 156 valence electrons. The first-order valence-corrected chi connectivity index (χ1v) is 9.90. The highest BCUT2D eigenvalue weighted by molar-refractivity contribution is 6.08. The number of hydrogen-bond donors (Lipinski definition) is 2. The van der Waals surface area contributed by atoms with Crippen molar-refractivity contribution in [3.63, 3.8) is 0 Å². The van der Waals surface area contributed by atoms with E-state index in [1.54, 1.807) is 6.07 Å². The molecule has 1 aliphatic heterocycles. The molecule has 0 aliphatic carbocycles. The number of morpholine rings is 1. The fourth-order valence-corrected chi connectivity index (χ4v) is 3.35. The van der Waals surface area contributed by atoms with Crippen molar-refractivity contribution in [2.45, 2.75) is 6.92 Å². The van der Waals surface area contributed by atoms with Gasteiger partial charge in [-0.1, -0.05) is 43.3 Å². The van der Waals surface area contributed by atoms with Crippen LogP contribution >= 0.6 is 0 Å². The van der Waals surface area contributed by atoms with E-state index in [2.05, 4.69) is 27.5 Å². The van der Waals surface area contributed by atoms with E-state index >= 15 is 0 Å². The van der Waals surface area contributed by atoms with Gasteiger partial charge in [-0.3, -0.25) is 9.69 Å². The van der Waals surface area contributed by atoms with E-state index in [1.807, 2.05) is 48.5 Å². The fraction of sp³-hybridized carbons (Fsp3) is 0.261. The molecular weight excluding hydrogens is 380 g/mol. The second-order valence-electron chi connectivity index (χ2n) is 6.70. The van der Waals surface area contributed by atoms with E-state index in [9.17, 15) is 5.11 Å². The molecule has 0 atom stereocenters. The highest BCUT2D eigenvalue weighted by atomic mass is 16.5. The first kappa shape index (κ1) is 21.4. The van der Waals surface area contributed by atoms with Crippen molar-refractivity contribution in [3.05, 3.63) is 54.6 Å². The van der Waals surface area contributed by atoms with Gasteiger partial charge in [0, 0.05) is 29.9 Å². The number of phenolic OH excluding ortho intramolecular Hbond substituents is 1. The van der Waals surface area contributed by atoms with Crippen molar-refractivity contribution >= 4 is 39.2 Å². The summed E-state index contributed by atoms with van der Waals surface area (Å²) in [5.74, 6) is 0.243. The summed E-state index contributed by atoms with van der Waals surface area (Å²) in [5, 5.41) is 11.8. The van der Waals surface area contributed by atoms with E-state index in [-0.39, 0.29) is 12.2 Å². The second-order valence-corrected chi connectivity index (χ2v) is 6.70. The molecule has 1 fully saturated rings. The third-order valence-corrected chi connectivity index (χ3v) is 4.88. The first-order valence-electron chi connectivity index (χ1n) is 9.90. The summed E-state index contributed by atoms with van der Waals surface area (Å²) in [6, 6.07) is 17.1. The average molecular weight is 406 g/mol. The lowest BCUT2D eigenvalue weighted by Crippen LogP contribution is -2.35. The van der Waals surface area contributed by atoms with E-state index < -0.39 is 0 Å². The maximum Gasteiger partial charge on any atom is 0.204 e. The van der Waals surface area contributed by atoms with Gasteiger partial charge in [0.05, 0.1) is 35.3 Å². The number of ether oxygens (including phenoxy) is 1. The van der Waals surface area contributed by atoms with Gasteiger partial charge in [0.2, 0.25) is 6.41 Å². The Kier molecular flexibility index (Phi) is 7.48. The Morgan fingerprint density at radius 3 is 2.17 bits per heavy atom. The SMILES string of the molecule is CCN1CCOCC1.NC=O.Oc1cc2nc3ccccc3nc2c2ccccc12. The molecule has 5 rings (SSSR count). The minimum absolute atomic E-state index is 0.243. The van der Waals surface area contributed by atoms with Crippen molar-refractivity contribution in [2.24, 2.45) is 5.73 Å². The van der Waals surface area contributed by atoms with Gasteiger partial charge >= 0.3 is 0 Å². The van der Waals surface area contributed by atoms with Crippen molar-refractivity contribution in [2.75, 3.05) is 32.8 Å². The molecule has 2 heterocycles. The molecule has 7 nitrogen and oxygen atoms in total. The molecule has 1 saturated heterocycles. The monoisotopic (exact) mass is 406 g/mol. The van der Waals surface area contributed by atoms with Gasteiger partial charge in [-0.25, -0.2) is 9.97 Å². The number of amides is 1. The molecule has 0 radical (unpaired) electrons. The summed E-state index contributed by atoms with van der Waals surface area (Å²) in [6.45, 7) is 7.45. The van der Waals surface area contributed by atoms with Gasteiger partial charge < -0.3 is 15.6 Å². The van der Waals surface area contributed by atoms with Gasteiger partial charge in [-0.05, 0) is 18.7 Å². The van der Waals surface area contributed by atoms with Gasteiger partial charge in [-0.15, -0.1) is 0 Å². The van der Waals surface area contributed by atoms with Crippen LogP contribution in [0.5, 0.6) is 5.75 Å². The molecule has 1 aliphatic rings. The van der Waals surface area contributed by atoms with Crippen LogP contribution in [0.2, 0.25) is 0 Å². The predicted octanol–water partition coefficient (Wildman–Crippen LogP) is 3.08. The third-order valence-electron chi connectivity index (χ3n) is 4.88. The largest absolute Gasteiger partial charge is 0.507 e. The number of benzene rings is 3. The minimum Gasteiger partial charge on any atom is -0.507 e. The second kappa shape index (κ2) is 10.5. The highest BCUT2D eigenvalue weighted by Gasteiger charge is 2.09. The summed E-state index contributed by atoms with van der Waals surface area (Å²) in [4.78, 5) is 20.2. The Balaban J connectivity index is 0.000000195. The summed E-state index contributed by atoms with van der Waals surface area (Å²) in [5.41, 5.74) is 7.41. The maximum absolute atomic E-state index is 10.1. The van der Waals surface area contributed by atoms with Gasteiger partial charge in [-0.2, -0.15) is 0 Å². The predicted molar refractivity (Wildman–Crippen MR) is 119 cm³/mol. The lowest BCUT2D eigenvalue weighted by Gasteiger charge is -2.24. The summed E-state index contributed by atoms with van der Waals surface area (Å²) in [7, 11) is 0. The first-order chi connectivity index (χ1) is 14.7. The number of carbonyl (C=O) groups is 1. The summed E-state index contributed by atoms with van der Waals surface area (Å²) < 4.78 is 5.16. The van der Waals surface area contributed by atoms with E-state index in [0.29, 0.717) is 0 Å². The average Bonchev–Trinajstić information content (AvgIpc) is 2.80. The van der Waals surface area contributed by atoms with E-state index in [0.717, 1.165) is 59.1 Å². The van der Waals surface area contributed by atoms with Crippen molar-refractivity contribution < 1.29 is 14.6 Å². The zero-order valence-corrected chi connectivity index (χ0v) is 17.0. The number of phenols is 1. The lowest BCUT2D eigenvalue weighted by molar-refractivity contribution is -0.106. The Hall–Kier alpha value is -3.29. The molecule has 3 aromatic carbocycles. The maximum atomic E-state index is 10.1. The third kappa shape index (κ3) is 5.00. The smallest absolute Gasteiger partial charge is 0.204 e. The number of para-hydroxylation sites is 2. The van der Waals surface area contributed by atoms with Crippen LogP contribution in [0.15, 0.2) is 54.6 Å². The van der Waals surface area contributed by atoms with Crippen LogP contribution in [-0.2, 0) is 9.53 Å². The molecule has 3 N–H and O–H groups in total. The molecule has 4 aromatic rings. The molecule has 30 heavy (non-hydrogen) atoms. The number of nitrogens with zero attached hydrogens (tertiary/aromatic N) is 3. The number of likely N-dealkylation sites (N-methyl/N-ethyl adjacent to an activating group) is 1. The van der Waals surface area contributed by atoms with Crippen LogP contribution in [0.1, 0.15) is 6.92 Å². The van der Waals surface area contributed by atoms with Crippen molar-refractivity contribution in [1.29, 1.82) is 0 Å². The van der Waals surface area contributed by atoms with Crippen LogP contribution in [0.4, 0.5) is 0 Å². The number of fused-ring (bicyclic) bond motifs is 4.